The van der Waals surface area contributed by atoms with Gasteiger partial charge in [-0.1, -0.05) is 44.1 Å². The Labute approximate surface area is 225 Å². The van der Waals surface area contributed by atoms with Gasteiger partial charge in [0.05, 0.1) is 11.3 Å². The predicted octanol–water partition coefficient (Wildman–Crippen LogP) is 6.17. The second-order valence-corrected chi connectivity index (χ2v) is 12.6. The van der Waals surface area contributed by atoms with Crippen molar-refractivity contribution in [2.24, 2.45) is 18.4 Å². The summed E-state index contributed by atoms with van der Waals surface area (Å²) in [6.07, 6.45) is 2.92. The molecule has 0 bridgehead atoms. The van der Waals surface area contributed by atoms with Crippen LogP contribution in [0.4, 0.5) is 5.00 Å². The summed E-state index contributed by atoms with van der Waals surface area (Å²) in [6.45, 7) is 8.99. The minimum Gasteiger partial charge on any atom is -0.485 e. The van der Waals surface area contributed by atoms with E-state index in [4.69, 9.17) is 16.3 Å². The zero-order chi connectivity index (χ0) is 26.0. The van der Waals surface area contributed by atoms with Gasteiger partial charge in [-0.15, -0.1) is 21.5 Å². The number of hydrogen-bond donors (Lipinski definition) is 1. The summed E-state index contributed by atoms with van der Waals surface area (Å²) in [5, 5.41) is 23.1. The molecule has 190 valence electrons. The Kier molecular flexibility index (Phi) is 7.98. The summed E-state index contributed by atoms with van der Waals surface area (Å²) in [4.78, 5) is 14.0. The third kappa shape index (κ3) is 5.88. The number of amides is 1. The summed E-state index contributed by atoms with van der Waals surface area (Å²) < 4.78 is 7.69. The molecular formula is C26H30ClN5O2S2. The van der Waals surface area contributed by atoms with Gasteiger partial charge in [0.2, 0.25) is 5.91 Å². The van der Waals surface area contributed by atoms with Crippen molar-refractivity contribution in [1.82, 2.24) is 14.8 Å². The third-order valence-corrected chi connectivity index (χ3v) is 9.03. The normalized spacial score (nSPS) is 15.3. The summed E-state index contributed by atoms with van der Waals surface area (Å²) >= 11 is 8.86. The molecule has 7 nitrogen and oxygen atoms in total. The van der Waals surface area contributed by atoms with E-state index in [9.17, 15) is 10.1 Å². The van der Waals surface area contributed by atoms with E-state index in [1.807, 2.05) is 30.7 Å². The van der Waals surface area contributed by atoms with Gasteiger partial charge in [-0.05, 0) is 66.8 Å². The summed E-state index contributed by atoms with van der Waals surface area (Å²) in [5.74, 6) is 1.96. The first-order valence-electron chi connectivity index (χ1n) is 11.8. The Hall–Kier alpha value is -2.54. The van der Waals surface area contributed by atoms with E-state index in [1.54, 1.807) is 17.4 Å². The number of ether oxygens (including phenoxy) is 1. The Morgan fingerprint density at radius 1 is 1.39 bits per heavy atom. The van der Waals surface area contributed by atoms with Gasteiger partial charge in [0.1, 0.15) is 23.4 Å². The summed E-state index contributed by atoms with van der Waals surface area (Å²) in [6, 6.07) is 7.78. The summed E-state index contributed by atoms with van der Waals surface area (Å²) in [7, 11) is 1.85. The largest absolute Gasteiger partial charge is 0.485 e. The number of rotatable bonds is 7. The molecule has 4 rings (SSSR count). The van der Waals surface area contributed by atoms with E-state index in [2.05, 4.69) is 42.4 Å². The fourth-order valence-corrected chi connectivity index (χ4v) is 6.59. The standard InChI is InChI=1S/C26H30ClN5O2S2/c1-15-10-17(27)7-9-20(15)34-13-22-30-31-25(32(22)5)35-14-23(33)29-24-19(12-28)18-8-6-16(26(2,3)4)11-21(18)36-24/h7,9-10,16H,6,8,11,13-14H2,1-5H3,(H,29,33). The number of halogens is 1. The third-order valence-electron chi connectivity index (χ3n) is 6.61. The van der Waals surface area contributed by atoms with Crippen LogP contribution in [0.2, 0.25) is 5.02 Å². The smallest absolute Gasteiger partial charge is 0.235 e. The number of fused-ring (bicyclic) bond motifs is 1. The molecule has 2 aromatic heterocycles. The lowest BCUT2D eigenvalue weighted by Gasteiger charge is -2.33. The number of nitrogens with zero attached hydrogens (tertiary/aromatic N) is 4. The van der Waals surface area contributed by atoms with Crippen molar-refractivity contribution in [2.75, 3.05) is 11.1 Å². The van der Waals surface area contributed by atoms with E-state index >= 15 is 0 Å². The van der Waals surface area contributed by atoms with Crippen LogP contribution >= 0.6 is 34.7 Å². The fourth-order valence-electron chi connectivity index (χ4n) is 4.34. The van der Waals surface area contributed by atoms with Crippen LogP contribution in [0.1, 0.15) is 54.6 Å². The Balaban J connectivity index is 1.36. The first-order chi connectivity index (χ1) is 17.1. The van der Waals surface area contributed by atoms with Crippen molar-refractivity contribution in [2.45, 2.75) is 58.7 Å². The number of nitriles is 1. The van der Waals surface area contributed by atoms with E-state index in [0.29, 0.717) is 32.5 Å². The number of aryl methyl sites for hydroxylation is 1. The molecule has 1 aromatic carbocycles. The van der Waals surface area contributed by atoms with E-state index in [1.165, 1.54) is 16.6 Å². The lowest BCUT2D eigenvalue weighted by atomic mass is 9.72. The molecule has 36 heavy (non-hydrogen) atoms. The maximum atomic E-state index is 12.8. The minimum atomic E-state index is -0.167. The average Bonchev–Trinajstić information content (AvgIpc) is 3.34. The van der Waals surface area contributed by atoms with Crippen molar-refractivity contribution in [3.05, 3.63) is 50.6 Å². The van der Waals surface area contributed by atoms with Gasteiger partial charge in [0, 0.05) is 16.9 Å². The van der Waals surface area contributed by atoms with Crippen LogP contribution < -0.4 is 10.1 Å². The molecule has 0 saturated carbocycles. The molecule has 1 unspecified atom stereocenters. The number of anilines is 1. The molecule has 1 amide bonds. The van der Waals surface area contributed by atoms with Crippen LogP contribution in [0, 0.1) is 29.6 Å². The topological polar surface area (TPSA) is 92.8 Å². The number of thioether (sulfide) groups is 1. The van der Waals surface area contributed by atoms with Gasteiger partial charge >= 0.3 is 0 Å². The highest BCUT2D eigenvalue weighted by Gasteiger charge is 2.32. The number of nitrogens with one attached hydrogen (secondary N) is 1. The Morgan fingerprint density at radius 3 is 2.86 bits per heavy atom. The molecule has 0 radical (unpaired) electrons. The van der Waals surface area contributed by atoms with E-state index in [0.717, 1.165) is 36.1 Å². The maximum Gasteiger partial charge on any atom is 0.235 e. The van der Waals surface area contributed by atoms with Crippen molar-refractivity contribution in [1.29, 1.82) is 5.26 Å². The highest BCUT2D eigenvalue weighted by molar-refractivity contribution is 7.99. The van der Waals surface area contributed by atoms with Gasteiger partial charge in [0.25, 0.3) is 0 Å². The maximum absolute atomic E-state index is 12.8. The number of thiophene rings is 1. The van der Waals surface area contributed by atoms with Gasteiger partial charge in [-0.3, -0.25) is 4.79 Å². The second kappa shape index (κ2) is 10.8. The number of carbonyl (C=O) groups is 1. The molecule has 0 spiro atoms. The zero-order valence-corrected chi connectivity index (χ0v) is 23.5. The number of aromatic nitrogens is 3. The first-order valence-corrected chi connectivity index (χ1v) is 14.0. The predicted molar refractivity (Wildman–Crippen MR) is 145 cm³/mol. The number of benzene rings is 1. The van der Waals surface area contributed by atoms with Gasteiger partial charge in [0.15, 0.2) is 11.0 Å². The molecule has 0 fully saturated rings. The molecule has 1 aliphatic carbocycles. The van der Waals surface area contributed by atoms with E-state index in [-0.39, 0.29) is 23.7 Å². The molecule has 1 N–H and O–H groups in total. The van der Waals surface area contributed by atoms with Crippen LogP contribution in [-0.4, -0.2) is 26.4 Å². The van der Waals surface area contributed by atoms with Crippen molar-refractivity contribution in [3.8, 4) is 11.8 Å². The SMILES string of the molecule is Cc1cc(Cl)ccc1OCc1nnc(SCC(=O)Nc2sc3c(c2C#N)CCC(C(C)(C)C)C3)n1C. The number of carbonyl (C=O) groups excluding carboxylic acids is 1. The molecule has 3 aromatic rings. The molecule has 1 aliphatic rings. The van der Waals surface area contributed by atoms with Crippen molar-refractivity contribution < 1.29 is 9.53 Å². The van der Waals surface area contributed by atoms with Crippen molar-refractivity contribution in [3.63, 3.8) is 0 Å². The van der Waals surface area contributed by atoms with Crippen LogP contribution in [-0.2, 0) is 31.3 Å². The average molecular weight is 544 g/mol. The van der Waals surface area contributed by atoms with Crippen LogP contribution in [0.15, 0.2) is 23.4 Å². The lowest BCUT2D eigenvalue weighted by Crippen LogP contribution is -2.26. The molecular weight excluding hydrogens is 514 g/mol. The Bertz CT molecular complexity index is 1320. The minimum absolute atomic E-state index is 0.167. The lowest BCUT2D eigenvalue weighted by molar-refractivity contribution is -0.113. The summed E-state index contributed by atoms with van der Waals surface area (Å²) in [5.41, 5.74) is 2.90. The highest BCUT2D eigenvalue weighted by atomic mass is 35.5. The number of hydrogen-bond acceptors (Lipinski definition) is 7. The quantitative estimate of drug-likeness (QED) is 0.358. The van der Waals surface area contributed by atoms with Crippen LogP contribution in [0.25, 0.3) is 0 Å². The van der Waals surface area contributed by atoms with E-state index < -0.39 is 0 Å². The molecule has 10 heteroatoms. The molecule has 0 saturated heterocycles. The highest BCUT2D eigenvalue weighted by Crippen LogP contribution is 2.44. The monoisotopic (exact) mass is 543 g/mol. The van der Waals surface area contributed by atoms with Crippen LogP contribution in [0.5, 0.6) is 5.75 Å². The van der Waals surface area contributed by atoms with Gasteiger partial charge in [-0.2, -0.15) is 5.26 Å². The zero-order valence-electron chi connectivity index (χ0n) is 21.1. The fraction of sp³-hybridized carbons (Fsp3) is 0.462. The molecule has 0 aliphatic heterocycles. The van der Waals surface area contributed by atoms with Gasteiger partial charge < -0.3 is 14.6 Å². The van der Waals surface area contributed by atoms with Crippen LogP contribution in [0.3, 0.4) is 0 Å². The Morgan fingerprint density at radius 2 is 2.17 bits per heavy atom. The second-order valence-electron chi connectivity index (χ2n) is 10.1. The molecule has 2 heterocycles. The molecule has 1 atom stereocenters. The van der Waals surface area contributed by atoms with Crippen molar-refractivity contribution >= 4 is 45.6 Å². The first kappa shape index (κ1) is 26.5. The van der Waals surface area contributed by atoms with Gasteiger partial charge in [-0.25, -0.2) is 0 Å².